The maximum atomic E-state index is 13.3. The molecule has 0 unspecified atom stereocenters. The Morgan fingerprint density at radius 1 is 0.806 bits per heavy atom. The molecule has 0 bridgehead atoms. The van der Waals surface area contributed by atoms with Crippen LogP contribution >= 0.6 is 0 Å². The predicted molar refractivity (Wildman–Crippen MR) is 118 cm³/mol. The highest BCUT2D eigenvalue weighted by molar-refractivity contribution is 6.33. The molecule has 0 aliphatic carbocycles. The second-order valence-corrected chi connectivity index (χ2v) is 6.85. The van der Waals surface area contributed by atoms with Crippen molar-refractivity contribution in [2.24, 2.45) is 5.92 Å². The Bertz CT molecular complexity index is 1030. The first-order chi connectivity index (χ1) is 15.1. The highest BCUT2D eigenvalue weighted by Crippen LogP contribution is 2.32. The second kappa shape index (κ2) is 8.71. The number of amides is 3. The van der Waals surface area contributed by atoms with Crippen LogP contribution in [0.3, 0.4) is 0 Å². The largest absolute Gasteiger partial charge is 0.494 e. The van der Waals surface area contributed by atoms with Crippen LogP contribution in [0.1, 0.15) is 6.92 Å². The van der Waals surface area contributed by atoms with E-state index < -0.39 is 23.6 Å². The van der Waals surface area contributed by atoms with Gasteiger partial charge in [0.15, 0.2) is 5.92 Å². The molecule has 156 valence electrons. The van der Waals surface area contributed by atoms with Crippen LogP contribution in [0.5, 0.6) is 5.75 Å². The van der Waals surface area contributed by atoms with E-state index in [0.717, 1.165) is 0 Å². The fraction of sp³-hybridized carbons (Fsp3) is 0.125. The number of ether oxygens (including phenoxy) is 1. The van der Waals surface area contributed by atoms with Crippen LogP contribution in [0.25, 0.3) is 0 Å². The summed E-state index contributed by atoms with van der Waals surface area (Å²) in [5, 5.41) is 5.17. The summed E-state index contributed by atoms with van der Waals surface area (Å²) in [6.07, 6.45) is 0. The first-order valence-electron chi connectivity index (χ1n) is 9.92. The van der Waals surface area contributed by atoms with Gasteiger partial charge >= 0.3 is 0 Å². The third-order valence-electron chi connectivity index (χ3n) is 4.81. The van der Waals surface area contributed by atoms with Gasteiger partial charge in [-0.25, -0.2) is 10.0 Å². The summed E-state index contributed by atoms with van der Waals surface area (Å²) in [6.45, 7) is 2.41. The summed E-state index contributed by atoms with van der Waals surface area (Å²) < 4.78 is 5.39. The van der Waals surface area contributed by atoms with Gasteiger partial charge in [-0.3, -0.25) is 14.4 Å². The zero-order chi connectivity index (χ0) is 21.8. The van der Waals surface area contributed by atoms with Gasteiger partial charge in [0.05, 0.1) is 18.0 Å². The van der Waals surface area contributed by atoms with Crippen LogP contribution in [0.4, 0.5) is 17.1 Å². The molecule has 31 heavy (non-hydrogen) atoms. The lowest BCUT2D eigenvalue weighted by molar-refractivity contribution is -0.134. The van der Waals surface area contributed by atoms with Gasteiger partial charge in [0.1, 0.15) is 5.75 Å². The van der Waals surface area contributed by atoms with E-state index in [-0.39, 0.29) is 0 Å². The van der Waals surface area contributed by atoms with Gasteiger partial charge < -0.3 is 10.1 Å². The zero-order valence-corrected chi connectivity index (χ0v) is 16.9. The molecule has 7 heteroatoms. The van der Waals surface area contributed by atoms with E-state index in [1.165, 1.54) is 10.0 Å². The number of carbonyl (C=O) groups excluding carboxylic acids is 3. The van der Waals surface area contributed by atoms with Crippen LogP contribution in [0, 0.1) is 5.92 Å². The minimum absolute atomic E-state index is 0.471. The standard InChI is InChI=1S/C24H21N3O4/c1-2-31-20-15-13-17(14-16-20)25-22(28)21-23(29)26(18-9-5-3-6-10-18)27(24(21)30)19-11-7-4-8-12-19/h3-16,21H,2H2,1H3,(H,25,28). The van der Waals surface area contributed by atoms with Crippen molar-refractivity contribution in [1.29, 1.82) is 0 Å². The Balaban J connectivity index is 1.64. The topological polar surface area (TPSA) is 79.0 Å². The van der Waals surface area contributed by atoms with E-state index in [4.69, 9.17) is 4.74 Å². The molecule has 0 saturated carbocycles. The summed E-state index contributed by atoms with van der Waals surface area (Å²) in [5.74, 6) is -2.73. The van der Waals surface area contributed by atoms with E-state index >= 15 is 0 Å². The molecule has 4 rings (SSSR count). The molecular weight excluding hydrogens is 394 g/mol. The molecule has 7 nitrogen and oxygen atoms in total. The maximum Gasteiger partial charge on any atom is 0.268 e. The number of carbonyl (C=O) groups is 3. The lowest BCUT2D eigenvalue weighted by Gasteiger charge is -2.27. The van der Waals surface area contributed by atoms with Crippen LogP contribution in [0.2, 0.25) is 0 Å². The van der Waals surface area contributed by atoms with Crippen molar-refractivity contribution in [2.75, 3.05) is 21.9 Å². The molecule has 3 amide bonds. The fourth-order valence-corrected chi connectivity index (χ4v) is 3.41. The first kappa shape index (κ1) is 20.2. The molecule has 1 saturated heterocycles. The Morgan fingerprint density at radius 2 is 1.29 bits per heavy atom. The molecular formula is C24H21N3O4. The van der Waals surface area contributed by atoms with Crippen molar-refractivity contribution in [2.45, 2.75) is 6.92 Å². The Morgan fingerprint density at radius 3 is 1.74 bits per heavy atom. The van der Waals surface area contributed by atoms with Crippen molar-refractivity contribution in [3.63, 3.8) is 0 Å². The van der Waals surface area contributed by atoms with E-state index in [9.17, 15) is 14.4 Å². The van der Waals surface area contributed by atoms with E-state index in [1.807, 2.05) is 19.1 Å². The molecule has 3 aromatic rings. The average Bonchev–Trinajstić information content (AvgIpc) is 3.06. The number of hydrazine groups is 1. The van der Waals surface area contributed by atoms with Gasteiger partial charge in [0.2, 0.25) is 5.91 Å². The van der Waals surface area contributed by atoms with Crippen LogP contribution in [-0.4, -0.2) is 24.3 Å². The highest BCUT2D eigenvalue weighted by atomic mass is 16.5. The summed E-state index contributed by atoms with van der Waals surface area (Å²) >= 11 is 0. The minimum Gasteiger partial charge on any atom is -0.494 e. The van der Waals surface area contributed by atoms with Crippen molar-refractivity contribution in [1.82, 2.24) is 0 Å². The van der Waals surface area contributed by atoms with Gasteiger partial charge in [0, 0.05) is 5.69 Å². The number of hydrogen-bond acceptors (Lipinski definition) is 4. The maximum absolute atomic E-state index is 13.3. The van der Waals surface area contributed by atoms with Crippen LogP contribution < -0.4 is 20.1 Å². The smallest absolute Gasteiger partial charge is 0.268 e. The normalized spacial score (nSPS) is 14.1. The molecule has 0 radical (unpaired) electrons. The lowest BCUT2D eigenvalue weighted by Crippen LogP contribution is -2.41. The fourth-order valence-electron chi connectivity index (χ4n) is 3.41. The molecule has 1 aliphatic rings. The van der Waals surface area contributed by atoms with E-state index in [1.54, 1.807) is 72.8 Å². The molecule has 0 spiro atoms. The van der Waals surface area contributed by atoms with Crippen molar-refractivity contribution < 1.29 is 19.1 Å². The summed E-state index contributed by atoms with van der Waals surface area (Å²) in [4.78, 5) is 39.5. The quantitative estimate of drug-likeness (QED) is 0.624. The third kappa shape index (κ3) is 3.98. The van der Waals surface area contributed by atoms with Gasteiger partial charge in [-0.15, -0.1) is 0 Å². The number of benzene rings is 3. The molecule has 1 N–H and O–H groups in total. The second-order valence-electron chi connectivity index (χ2n) is 6.85. The van der Waals surface area contributed by atoms with Gasteiger partial charge in [0.25, 0.3) is 11.8 Å². The third-order valence-corrected chi connectivity index (χ3v) is 4.81. The number of para-hydroxylation sites is 2. The van der Waals surface area contributed by atoms with Crippen molar-refractivity contribution in [3.05, 3.63) is 84.9 Å². The van der Waals surface area contributed by atoms with E-state index in [2.05, 4.69) is 5.32 Å². The van der Waals surface area contributed by atoms with E-state index in [0.29, 0.717) is 29.4 Å². The number of nitrogens with one attached hydrogen (secondary N) is 1. The lowest BCUT2D eigenvalue weighted by atomic mass is 10.1. The van der Waals surface area contributed by atoms with Crippen LogP contribution in [0.15, 0.2) is 84.9 Å². The first-order valence-corrected chi connectivity index (χ1v) is 9.92. The Hall–Kier alpha value is -4.13. The summed E-state index contributed by atoms with van der Waals surface area (Å²) in [5.41, 5.74) is 1.47. The molecule has 0 atom stereocenters. The summed E-state index contributed by atoms with van der Waals surface area (Å²) in [6, 6.07) is 24.3. The molecule has 1 fully saturated rings. The minimum atomic E-state index is -1.49. The SMILES string of the molecule is CCOc1ccc(NC(=O)C2C(=O)N(c3ccccc3)N(c3ccccc3)C2=O)cc1. The number of hydrogen-bond donors (Lipinski definition) is 1. The number of rotatable bonds is 6. The number of anilines is 3. The number of nitrogens with zero attached hydrogens (tertiary/aromatic N) is 2. The van der Waals surface area contributed by atoms with Crippen LogP contribution in [-0.2, 0) is 14.4 Å². The Kier molecular flexibility index (Phi) is 5.66. The van der Waals surface area contributed by atoms with Crippen molar-refractivity contribution >= 4 is 34.8 Å². The molecule has 1 aliphatic heterocycles. The average molecular weight is 415 g/mol. The molecule has 3 aromatic carbocycles. The van der Waals surface area contributed by atoms with Crippen molar-refractivity contribution in [3.8, 4) is 5.75 Å². The molecule has 0 aromatic heterocycles. The van der Waals surface area contributed by atoms with Gasteiger partial charge in [-0.1, -0.05) is 36.4 Å². The highest BCUT2D eigenvalue weighted by Gasteiger charge is 2.51. The van der Waals surface area contributed by atoms with Gasteiger partial charge in [-0.05, 0) is 55.5 Å². The monoisotopic (exact) mass is 415 g/mol. The molecule has 1 heterocycles. The van der Waals surface area contributed by atoms with Gasteiger partial charge in [-0.2, -0.15) is 0 Å². The Labute approximate surface area is 179 Å². The summed E-state index contributed by atoms with van der Waals surface area (Å²) in [7, 11) is 0. The predicted octanol–water partition coefficient (Wildman–Crippen LogP) is 3.64. The zero-order valence-electron chi connectivity index (χ0n) is 16.9.